The van der Waals surface area contributed by atoms with Crippen LogP contribution in [0.3, 0.4) is 0 Å². The maximum absolute atomic E-state index is 11.8. The molecule has 1 aromatic carbocycles. The molecule has 1 fully saturated rings. The van der Waals surface area contributed by atoms with E-state index in [1.807, 2.05) is 30.3 Å². The van der Waals surface area contributed by atoms with Gasteiger partial charge in [-0.2, -0.15) is 0 Å². The lowest BCUT2D eigenvalue weighted by Crippen LogP contribution is -2.43. The van der Waals surface area contributed by atoms with Crippen LogP contribution >= 0.6 is 0 Å². The van der Waals surface area contributed by atoms with E-state index in [1.54, 1.807) is 0 Å². The van der Waals surface area contributed by atoms with Crippen molar-refractivity contribution in [1.29, 1.82) is 0 Å². The Morgan fingerprint density at radius 2 is 2.11 bits per heavy atom. The normalized spacial score (nSPS) is 16.1. The summed E-state index contributed by atoms with van der Waals surface area (Å²) >= 11 is 0. The van der Waals surface area contributed by atoms with Crippen LogP contribution in [-0.2, 0) is 16.0 Å². The molecule has 0 saturated heterocycles. The van der Waals surface area contributed by atoms with E-state index in [9.17, 15) is 4.79 Å². The van der Waals surface area contributed by atoms with Gasteiger partial charge in [0.2, 0.25) is 5.91 Å². The molecular formula is C15H22N2O2. The van der Waals surface area contributed by atoms with Gasteiger partial charge in [0.25, 0.3) is 0 Å². The minimum Gasteiger partial charge on any atom is -0.379 e. The first-order chi connectivity index (χ1) is 9.25. The second kappa shape index (κ2) is 7.26. The van der Waals surface area contributed by atoms with E-state index in [0.717, 1.165) is 18.1 Å². The molecule has 19 heavy (non-hydrogen) atoms. The molecule has 1 aliphatic carbocycles. The number of carbonyl (C=O) groups excluding carboxylic acids is 1. The third-order valence-electron chi connectivity index (χ3n) is 3.23. The minimum atomic E-state index is -0.495. The van der Waals surface area contributed by atoms with E-state index in [2.05, 4.69) is 5.32 Å². The van der Waals surface area contributed by atoms with Gasteiger partial charge in [-0.05, 0) is 30.7 Å². The van der Waals surface area contributed by atoms with Crippen LogP contribution in [0.15, 0.2) is 30.3 Å². The van der Waals surface area contributed by atoms with Gasteiger partial charge in [-0.25, -0.2) is 0 Å². The second-order valence-corrected chi connectivity index (χ2v) is 5.11. The molecule has 0 unspecified atom stereocenters. The molecule has 4 nitrogen and oxygen atoms in total. The van der Waals surface area contributed by atoms with Crippen LogP contribution in [0, 0.1) is 5.92 Å². The molecule has 4 heteroatoms. The first-order valence-electron chi connectivity index (χ1n) is 6.90. The smallest absolute Gasteiger partial charge is 0.237 e. The maximum Gasteiger partial charge on any atom is 0.237 e. The second-order valence-electron chi connectivity index (χ2n) is 5.11. The molecule has 0 spiro atoms. The Morgan fingerprint density at radius 1 is 1.37 bits per heavy atom. The summed E-state index contributed by atoms with van der Waals surface area (Å²) in [5.74, 6) is 0.648. The number of hydrogen-bond acceptors (Lipinski definition) is 3. The Hall–Kier alpha value is -1.39. The molecule has 2 rings (SSSR count). The summed E-state index contributed by atoms with van der Waals surface area (Å²) in [7, 11) is 0. The van der Waals surface area contributed by atoms with Gasteiger partial charge < -0.3 is 15.8 Å². The molecule has 1 aliphatic rings. The third-order valence-corrected chi connectivity index (χ3v) is 3.23. The highest BCUT2D eigenvalue weighted by atomic mass is 16.5. The predicted molar refractivity (Wildman–Crippen MR) is 74.7 cm³/mol. The molecule has 0 aliphatic heterocycles. The van der Waals surface area contributed by atoms with Crippen LogP contribution in [0.25, 0.3) is 0 Å². The Balaban J connectivity index is 1.58. The van der Waals surface area contributed by atoms with Crippen LogP contribution in [-0.4, -0.2) is 31.7 Å². The lowest BCUT2D eigenvalue weighted by Gasteiger charge is -2.12. The number of rotatable bonds is 8. The predicted octanol–water partition coefficient (Wildman–Crippen LogP) is 1.10. The lowest BCUT2D eigenvalue weighted by atomic mass is 10.1. The molecule has 1 saturated carbocycles. The number of amides is 1. The van der Waals surface area contributed by atoms with Gasteiger partial charge >= 0.3 is 0 Å². The zero-order valence-corrected chi connectivity index (χ0v) is 11.2. The Morgan fingerprint density at radius 3 is 2.79 bits per heavy atom. The number of hydrogen-bond donors (Lipinski definition) is 2. The summed E-state index contributed by atoms with van der Waals surface area (Å²) in [6, 6.07) is 9.31. The molecule has 3 N–H and O–H groups in total. The van der Waals surface area contributed by atoms with Crippen molar-refractivity contribution in [2.75, 3.05) is 19.8 Å². The summed E-state index contributed by atoms with van der Waals surface area (Å²) in [5.41, 5.74) is 6.95. The van der Waals surface area contributed by atoms with Gasteiger partial charge in [0.1, 0.15) is 0 Å². The molecule has 104 valence electrons. The Kier molecular flexibility index (Phi) is 5.36. The van der Waals surface area contributed by atoms with Gasteiger partial charge in [-0.1, -0.05) is 30.3 Å². The van der Waals surface area contributed by atoms with Crippen LogP contribution in [0.1, 0.15) is 18.4 Å². The van der Waals surface area contributed by atoms with Crippen LogP contribution in [0.4, 0.5) is 0 Å². The van der Waals surface area contributed by atoms with Gasteiger partial charge in [-0.15, -0.1) is 0 Å². The number of nitrogens with one attached hydrogen (secondary N) is 1. The van der Waals surface area contributed by atoms with Crippen molar-refractivity contribution >= 4 is 5.91 Å². The largest absolute Gasteiger partial charge is 0.379 e. The van der Waals surface area contributed by atoms with Crippen LogP contribution < -0.4 is 11.1 Å². The summed E-state index contributed by atoms with van der Waals surface area (Å²) in [4.78, 5) is 11.8. The van der Waals surface area contributed by atoms with E-state index in [1.165, 1.54) is 12.8 Å². The molecule has 0 aromatic heterocycles. The molecule has 1 aromatic rings. The molecule has 0 bridgehead atoms. The average molecular weight is 262 g/mol. The van der Waals surface area contributed by atoms with Crippen molar-refractivity contribution in [2.24, 2.45) is 11.7 Å². The van der Waals surface area contributed by atoms with E-state index in [0.29, 0.717) is 19.6 Å². The topological polar surface area (TPSA) is 64.4 Å². The number of benzene rings is 1. The van der Waals surface area contributed by atoms with Gasteiger partial charge in [0.15, 0.2) is 0 Å². The van der Waals surface area contributed by atoms with E-state index < -0.39 is 6.04 Å². The first-order valence-corrected chi connectivity index (χ1v) is 6.90. The third kappa shape index (κ3) is 5.41. The summed E-state index contributed by atoms with van der Waals surface area (Å²) in [5, 5.41) is 2.81. The summed E-state index contributed by atoms with van der Waals surface area (Å²) in [6.07, 6.45) is 3.14. The summed E-state index contributed by atoms with van der Waals surface area (Å²) in [6.45, 7) is 1.93. The van der Waals surface area contributed by atoms with Crippen molar-refractivity contribution < 1.29 is 9.53 Å². The lowest BCUT2D eigenvalue weighted by molar-refractivity contribution is -0.122. The standard InChI is InChI=1S/C15H22N2O2/c16-14(10-12-4-2-1-3-5-12)15(18)17-8-9-19-11-13-6-7-13/h1-5,13-14H,6-11,16H2,(H,17,18)/t14-/m0/s1. The van der Waals surface area contributed by atoms with Gasteiger partial charge in [0.05, 0.1) is 12.6 Å². The zero-order valence-electron chi connectivity index (χ0n) is 11.2. The van der Waals surface area contributed by atoms with Crippen molar-refractivity contribution in [3.8, 4) is 0 Å². The van der Waals surface area contributed by atoms with Crippen LogP contribution in [0.2, 0.25) is 0 Å². The number of carbonyl (C=O) groups is 1. The number of ether oxygens (including phenoxy) is 1. The maximum atomic E-state index is 11.8. The van der Waals surface area contributed by atoms with Gasteiger partial charge in [0, 0.05) is 13.2 Å². The monoisotopic (exact) mass is 262 g/mol. The van der Waals surface area contributed by atoms with Crippen molar-refractivity contribution in [2.45, 2.75) is 25.3 Å². The van der Waals surface area contributed by atoms with Crippen LogP contribution in [0.5, 0.6) is 0 Å². The number of nitrogens with two attached hydrogens (primary N) is 1. The zero-order chi connectivity index (χ0) is 13.5. The van der Waals surface area contributed by atoms with E-state index >= 15 is 0 Å². The molecule has 1 amide bonds. The highest BCUT2D eigenvalue weighted by Crippen LogP contribution is 2.28. The highest BCUT2D eigenvalue weighted by molar-refractivity contribution is 5.81. The fraction of sp³-hybridized carbons (Fsp3) is 0.533. The molecule has 1 atom stereocenters. The quantitative estimate of drug-likeness (QED) is 0.690. The average Bonchev–Trinajstić information content (AvgIpc) is 3.23. The Bertz CT molecular complexity index is 390. The highest BCUT2D eigenvalue weighted by Gasteiger charge is 2.21. The first kappa shape index (κ1) is 14.0. The molecular weight excluding hydrogens is 240 g/mol. The fourth-order valence-corrected chi connectivity index (χ4v) is 1.87. The van der Waals surface area contributed by atoms with Crippen molar-refractivity contribution in [3.63, 3.8) is 0 Å². The van der Waals surface area contributed by atoms with Crippen molar-refractivity contribution in [1.82, 2.24) is 5.32 Å². The summed E-state index contributed by atoms with van der Waals surface area (Å²) < 4.78 is 5.45. The Labute approximate surface area is 114 Å². The molecule has 0 radical (unpaired) electrons. The van der Waals surface area contributed by atoms with E-state index in [4.69, 9.17) is 10.5 Å². The molecule has 0 heterocycles. The SMILES string of the molecule is N[C@@H](Cc1ccccc1)C(=O)NCCOCC1CC1. The van der Waals surface area contributed by atoms with Crippen molar-refractivity contribution in [3.05, 3.63) is 35.9 Å². The minimum absolute atomic E-state index is 0.112. The van der Waals surface area contributed by atoms with E-state index in [-0.39, 0.29) is 5.91 Å². The van der Waals surface area contributed by atoms with Gasteiger partial charge in [-0.3, -0.25) is 4.79 Å². The fourth-order valence-electron chi connectivity index (χ4n) is 1.87.